The second kappa shape index (κ2) is 4.32. The Bertz CT molecular complexity index is 318. The summed E-state index contributed by atoms with van der Waals surface area (Å²) in [6.07, 6.45) is 2.73. The number of carboxylic acid groups (broad SMARTS) is 1. The van der Waals surface area contributed by atoms with E-state index < -0.39 is 5.97 Å². The van der Waals surface area contributed by atoms with Gasteiger partial charge < -0.3 is 0 Å². The number of rotatable bonds is 2. The Labute approximate surface area is 84.4 Å². The number of aliphatic carboxylic acids is 1. The number of hydrogen-bond acceptors (Lipinski definition) is 1. The first-order valence-electron chi connectivity index (χ1n) is 3.38. The number of benzene rings is 1. The molecule has 1 N–H and O–H groups in total. The average Bonchev–Trinajstić information content (AvgIpc) is 2.01. The zero-order valence-corrected chi connectivity index (χ0v) is 8.82. The van der Waals surface area contributed by atoms with Crippen LogP contribution < -0.4 is 3.51 Å². The van der Waals surface area contributed by atoms with Gasteiger partial charge in [-0.3, -0.25) is 0 Å². The molecule has 0 saturated heterocycles. The quantitative estimate of drug-likeness (QED) is 0.629. The van der Waals surface area contributed by atoms with Crippen molar-refractivity contribution in [3.63, 3.8) is 0 Å². The minimum absolute atomic E-state index is 0.916. The Hall–Kier alpha value is -0.752. The number of carboxylic acids is 1. The van der Waals surface area contributed by atoms with Gasteiger partial charge >= 0.3 is 84.4 Å². The molecule has 12 heavy (non-hydrogen) atoms. The molecule has 2 radical (unpaired) electrons. The Morgan fingerprint density at radius 2 is 2.25 bits per heavy atom. The van der Waals surface area contributed by atoms with Crippen LogP contribution in [0, 0.1) is 0 Å². The summed E-state index contributed by atoms with van der Waals surface area (Å²) >= 11 is 1.62. The van der Waals surface area contributed by atoms with Crippen LogP contribution >= 0.6 is 0 Å². The van der Waals surface area contributed by atoms with E-state index >= 15 is 0 Å². The Morgan fingerprint density at radius 1 is 1.50 bits per heavy atom. The molecule has 1 aromatic rings. The van der Waals surface area contributed by atoms with Gasteiger partial charge in [0, 0.05) is 0 Å². The molecule has 0 atom stereocenters. The monoisotopic (exact) mass is 268 g/mol. The Kier molecular flexibility index (Phi) is 3.36. The molecule has 60 valence electrons. The summed E-state index contributed by atoms with van der Waals surface area (Å²) < 4.78 is 1.18. The van der Waals surface area contributed by atoms with Gasteiger partial charge in [-0.05, 0) is 0 Å². The van der Waals surface area contributed by atoms with Crippen molar-refractivity contribution >= 4 is 38.6 Å². The van der Waals surface area contributed by atoms with Crippen molar-refractivity contribution in [2.24, 2.45) is 0 Å². The molecule has 0 saturated carbocycles. The van der Waals surface area contributed by atoms with Crippen LogP contribution in [0.5, 0.6) is 0 Å². The molecule has 0 aliphatic heterocycles. The van der Waals surface area contributed by atoms with Crippen LogP contribution in [0.4, 0.5) is 0 Å². The minimum atomic E-state index is -0.916. The van der Waals surface area contributed by atoms with Crippen molar-refractivity contribution in [3.05, 3.63) is 35.9 Å². The third kappa shape index (κ3) is 3.10. The summed E-state index contributed by atoms with van der Waals surface area (Å²) in [5, 5.41) is 8.36. The van der Waals surface area contributed by atoms with E-state index in [1.165, 1.54) is 3.51 Å². The van der Waals surface area contributed by atoms with Gasteiger partial charge in [-0.15, -0.1) is 0 Å². The third-order valence-corrected chi connectivity index (χ3v) is 2.08. The summed E-state index contributed by atoms with van der Waals surface area (Å²) in [4.78, 5) is 10.2. The molecule has 1 aromatic carbocycles. The standard InChI is InChI=1S/C9H7O2.Sb/c10-9(11)7-6-8-4-2-1-3-5-8;/h1-2,4-7H,(H,10,11);. The molecule has 0 amide bonds. The van der Waals surface area contributed by atoms with Crippen molar-refractivity contribution in [2.45, 2.75) is 0 Å². The van der Waals surface area contributed by atoms with Gasteiger partial charge in [0.1, 0.15) is 0 Å². The molecule has 0 bridgehead atoms. The maximum absolute atomic E-state index is 10.2. The molecule has 2 nitrogen and oxygen atoms in total. The second-order valence-corrected chi connectivity index (χ2v) is 3.74. The van der Waals surface area contributed by atoms with Crippen LogP contribution in [-0.2, 0) is 4.79 Å². The molecule has 0 aliphatic carbocycles. The summed E-state index contributed by atoms with van der Waals surface area (Å²) in [6.45, 7) is 0. The van der Waals surface area contributed by atoms with E-state index in [0.29, 0.717) is 0 Å². The Morgan fingerprint density at radius 3 is 2.83 bits per heavy atom. The SMILES string of the molecule is O=C(O)C=Cc1ccc[c]([Sb])c1. The van der Waals surface area contributed by atoms with E-state index in [0.717, 1.165) is 11.6 Å². The van der Waals surface area contributed by atoms with Crippen molar-refractivity contribution in [2.75, 3.05) is 0 Å². The zero-order chi connectivity index (χ0) is 8.97. The molecule has 1 rings (SSSR count). The second-order valence-electron chi connectivity index (χ2n) is 2.27. The van der Waals surface area contributed by atoms with E-state index in [4.69, 9.17) is 5.11 Å². The fourth-order valence-corrected chi connectivity index (χ4v) is 1.47. The van der Waals surface area contributed by atoms with E-state index in [2.05, 4.69) is 0 Å². The first kappa shape index (κ1) is 9.34. The van der Waals surface area contributed by atoms with Gasteiger partial charge in [-0.25, -0.2) is 0 Å². The molecule has 0 heterocycles. The van der Waals surface area contributed by atoms with Crippen LogP contribution in [0.1, 0.15) is 5.56 Å². The van der Waals surface area contributed by atoms with E-state index in [9.17, 15) is 4.79 Å². The topological polar surface area (TPSA) is 37.3 Å². The van der Waals surface area contributed by atoms with Gasteiger partial charge in [0.15, 0.2) is 0 Å². The first-order chi connectivity index (χ1) is 5.68. The average molecular weight is 269 g/mol. The van der Waals surface area contributed by atoms with E-state index in [1.54, 1.807) is 29.1 Å². The molecular weight excluding hydrogens is 262 g/mol. The number of carbonyl (C=O) groups is 1. The predicted molar refractivity (Wildman–Crippen MR) is 48.5 cm³/mol. The Balaban J connectivity index is 2.83. The van der Waals surface area contributed by atoms with Crippen LogP contribution in [0.15, 0.2) is 30.3 Å². The van der Waals surface area contributed by atoms with Crippen molar-refractivity contribution in [3.8, 4) is 0 Å². The van der Waals surface area contributed by atoms with Gasteiger partial charge in [-0.2, -0.15) is 0 Å². The van der Waals surface area contributed by atoms with Gasteiger partial charge in [0.2, 0.25) is 0 Å². The molecule has 3 heteroatoms. The van der Waals surface area contributed by atoms with Crippen LogP contribution in [0.2, 0.25) is 0 Å². The zero-order valence-electron chi connectivity index (χ0n) is 6.27. The summed E-state index contributed by atoms with van der Waals surface area (Å²) in [5.74, 6) is -0.916. The van der Waals surface area contributed by atoms with E-state index in [1.807, 2.05) is 24.3 Å². The predicted octanol–water partition coefficient (Wildman–Crippen LogP) is 0.578. The van der Waals surface area contributed by atoms with Crippen LogP contribution in [0.25, 0.3) is 6.08 Å². The molecule has 0 fully saturated rings. The molecule has 0 spiro atoms. The van der Waals surface area contributed by atoms with Gasteiger partial charge in [0.05, 0.1) is 0 Å². The van der Waals surface area contributed by atoms with Crippen molar-refractivity contribution in [1.82, 2.24) is 0 Å². The summed E-state index contributed by atoms with van der Waals surface area (Å²) in [5.41, 5.74) is 0.927. The summed E-state index contributed by atoms with van der Waals surface area (Å²) in [7, 11) is 0. The fourth-order valence-electron chi connectivity index (χ4n) is 0.796. The van der Waals surface area contributed by atoms with Crippen LogP contribution in [0.3, 0.4) is 0 Å². The third-order valence-electron chi connectivity index (χ3n) is 1.29. The first-order valence-corrected chi connectivity index (χ1v) is 4.66. The number of hydrogen-bond donors (Lipinski definition) is 1. The molecule has 0 aromatic heterocycles. The van der Waals surface area contributed by atoms with Gasteiger partial charge in [-0.1, -0.05) is 0 Å². The van der Waals surface area contributed by atoms with Crippen molar-refractivity contribution in [1.29, 1.82) is 0 Å². The fraction of sp³-hybridized carbons (Fsp3) is 0. The van der Waals surface area contributed by atoms with E-state index in [-0.39, 0.29) is 0 Å². The molecule has 0 unspecified atom stereocenters. The van der Waals surface area contributed by atoms with Crippen LogP contribution in [-0.4, -0.2) is 34.1 Å². The summed E-state index contributed by atoms with van der Waals surface area (Å²) in [6, 6.07) is 7.73. The molecule has 0 aliphatic rings. The van der Waals surface area contributed by atoms with Gasteiger partial charge in [0.25, 0.3) is 0 Å². The van der Waals surface area contributed by atoms with Crippen molar-refractivity contribution < 1.29 is 9.90 Å². The normalized spacial score (nSPS) is 10.4. The maximum atomic E-state index is 10.2. The molecular formula is C9H7O2Sb.